The first kappa shape index (κ1) is 15.0. The molecule has 0 aromatic carbocycles. The van der Waals surface area contributed by atoms with E-state index < -0.39 is 12.0 Å². The van der Waals surface area contributed by atoms with Gasteiger partial charge < -0.3 is 15.4 Å². The lowest BCUT2D eigenvalue weighted by atomic mass is 9.99. The van der Waals surface area contributed by atoms with E-state index in [-0.39, 0.29) is 5.91 Å². The normalized spacial score (nSPS) is 19.3. The van der Waals surface area contributed by atoms with Gasteiger partial charge in [0.05, 0.1) is 7.11 Å². The Morgan fingerprint density at radius 3 is 2.44 bits per heavy atom. The molecule has 0 radical (unpaired) electrons. The third kappa shape index (κ3) is 4.64. The van der Waals surface area contributed by atoms with Crippen LogP contribution in [0.25, 0.3) is 0 Å². The van der Waals surface area contributed by atoms with Gasteiger partial charge in [-0.2, -0.15) is 0 Å². The molecule has 1 aliphatic carbocycles. The second-order valence-corrected chi connectivity index (χ2v) is 5.02. The van der Waals surface area contributed by atoms with Crippen LogP contribution in [-0.4, -0.2) is 37.6 Å². The van der Waals surface area contributed by atoms with E-state index >= 15 is 0 Å². The fraction of sp³-hybridized carbons (Fsp3) is 0.846. The van der Waals surface area contributed by atoms with Crippen LogP contribution >= 0.6 is 0 Å². The minimum Gasteiger partial charge on any atom is -0.467 e. The van der Waals surface area contributed by atoms with Gasteiger partial charge in [-0.3, -0.25) is 4.79 Å². The summed E-state index contributed by atoms with van der Waals surface area (Å²) in [6.07, 6.45) is 5.08. The van der Waals surface area contributed by atoms with E-state index in [0.717, 1.165) is 0 Å². The predicted octanol–water partition coefficient (Wildman–Crippen LogP) is 0.832. The Kier molecular flexibility index (Phi) is 6.12. The van der Waals surface area contributed by atoms with Crippen LogP contribution in [0, 0.1) is 5.92 Å². The zero-order valence-electron chi connectivity index (χ0n) is 11.5. The molecular formula is C13H24N2O3. The number of hydrogen-bond donors (Lipinski definition) is 2. The Labute approximate surface area is 109 Å². The molecule has 1 aliphatic rings. The number of carbonyl (C=O) groups excluding carboxylic acids is 2. The van der Waals surface area contributed by atoms with E-state index in [1.165, 1.54) is 39.7 Å². The summed E-state index contributed by atoms with van der Waals surface area (Å²) in [5, 5.41) is 5.93. The number of amides is 1. The predicted molar refractivity (Wildman–Crippen MR) is 69.0 cm³/mol. The molecule has 1 saturated carbocycles. The molecule has 104 valence electrons. The van der Waals surface area contributed by atoms with Gasteiger partial charge in [0.15, 0.2) is 0 Å². The molecule has 0 aromatic heterocycles. The Morgan fingerprint density at radius 1 is 1.33 bits per heavy atom. The number of nitrogens with one attached hydrogen (secondary N) is 2. The maximum Gasteiger partial charge on any atom is 0.329 e. The van der Waals surface area contributed by atoms with Gasteiger partial charge in [0.25, 0.3) is 0 Å². The number of ether oxygens (including phenoxy) is 1. The average molecular weight is 256 g/mol. The molecule has 0 heterocycles. The van der Waals surface area contributed by atoms with Gasteiger partial charge >= 0.3 is 5.97 Å². The van der Waals surface area contributed by atoms with Crippen molar-refractivity contribution in [3.8, 4) is 0 Å². The van der Waals surface area contributed by atoms with E-state index in [0.29, 0.717) is 18.5 Å². The lowest BCUT2D eigenvalue weighted by Gasteiger charge is -2.23. The second-order valence-electron chi connectivity index (χ2n) is 5.02. The number of esters is 1. The van der Waals surface area contributed by atoms with Gasteiger partial charge in [0, 0.05) is 19.5 Å². The fourth-order valence-electron chi connectivity index (χ4n) is 2.51. The molecule has 1 rings (SSSR count). The molecule has 1 unspecified atom stereocenters. The van der Waals surface area contributed by atoms with Gasteiger partial charge in [-0.15, -0.1) is 0 Å². The number of hydrogen-bond acceptors (Lipinski definition) is 4. The molecule has 1 fully saturated rings. The zero-order valence-corrected chi connectivity index (χ0v) is 11.5. The van der Waals surface area contributed by atoms with Crippen molar-refractivity contribution in [3.63, 3.8) is 0 Å². The lowest BCUT2D eigenvalue weighted by Crippen LogP contribution is -2.49. The summed E-state index contributed by atoms with van der Waals surface area (Å²) in [5.41, 5.74) is 0. The third-order valence-electron chi connectivity index (χ3n) is 3.61. The standard InChI is InChI=1S/C13H24N2O3/c1-9(11-6-4-5-7-11)14-8-12(13(17)18-3)15-10(2)16/h9,11-12,14H,4-8H2,1-3H3,(H,15,16)/t9-,12?/m1/s1. The van der Waals surface area contributed by atoms with Crippen molar-refractivity contribution in [2.75, 3.05) is 13.7 Å². The number of carbonyl (C=O) groups is 2. The highest BCUT2D eigenvalue weighted by Crippen LogP contribution is 2.27. The highest BCUT2D eigenvalue weighted by molar-refractivity contribution is 5.83. The smallest absolute Gasteiger partial charge is 0.329 e. The number of methoxy groups -OCH3 is 1. The molecule has 2 N–H and O–H groups in total. The SMILES string of the molecule is COC(=O)C(CN[C@H](C)C1CCCC1)NC(C)=O. The zero-order chi connectivity index (χ0) is 13.5. The maximum absolute atomic E-state index is 11.5. The first-order valence-corrected chi connectivity index (χ1v) is 6.63. The van der Waals surface area contributed by atoms with Crippen LogP contribution in [0.1, 0.15) is 39.5 Å². The first-order chi connectivity index (χ1) is 8.54. The topological polar surface area (TPSA) is 67.4 Å². The van der Waals surface area contributed by atoms with E-state index in [1.54, 1.807) is 0 Å². The van der Waals surface area contributed by atoms with Gasteiger partial charge in [0.2, 0.25) is 5.91 Å². The maximum atomic E-state index is 11.5. The van der Waals surface area contributed by atoms with Crippen molar-refractivity contribution >= 4 is 11.9 Å². The van der Waals surface area contributed by atoms with Crippen LogP contribution in [0.2, 0.25) is 0 Å². The third-order valence-corrected chi connectivity index (χ3v) is 3.61. The second kappa shape index (κ2) is 7.36. The molecule has 0 saturated heterocycles. The largest absolute Gasteiger partial charge is 0.467 e. The van der Waals surface area contributed by atoms with Crippen molar-refractivity contribution in [2.24, 2.45) is 5.92 Å². The molecule has 18 heavy (non-hydrogen) atoms. The summed E-state index contributed by atoms with van der Waals surface area (Å²) in [6, 6.07) is -0.232. The Morgan fingerprint density at radius 2 is 1.94 bits per heavy atom. The molecule has 5 heteroatoms. The van der Waals surface area contributed by atoms with Crippen LogP contribution in [0.15, 0.2) is 0 Å². The molecule has 1 amide bonds. The molecular weight excluding hydrogens is 232 g/mol. The monoisotopic (exact) mass is 256 g/mol. The van der Waals surface area contributed by atoms with Crippen molar-refractivity contribution < 1.29 is 14.3 Å². The first-order valence-electron chi connectivity index (χ1n) is 6.63. The fourth-order valence-corrected chi connectivity index (χ4v) is 2.51. The highest BCUT2D eigenvalue weighted by Gasteiger charge is 2.24. The van der Waals surface area contributed by atoms with Crippen molar-refractivity contribution in [2.45, 2.75) is 51.6 Å². The van der Waals surface area contributed by atoms with Crippen molar-refractivity contribution in [3.05, 3.63) is 0 Å². The molecule has 0 aromatic rings. The summed E-state index contributed by atoms with van der Waals surface area (Å²) >= 11 is 0. The average Bonchev–Trinajstić information content (AvgIpc) is 2.86. The number of rotatable bonds is 6. The molecule has 2 atom stereocenters. The van der Waals surface area contributed by atoms with Gasteiger partial charge in [-0.05, 0) is 25.7 Å². The van der Waals surface area contributed by atoms with E-state index in [1.807, 2.05) is 0 Å². The highest BCUT2D eigenvalue weighted by atomic mass is 16.5. The van der Waals surface area contributed by atoms with Crippen LogP contribution < -0.4 is 10.6 Å². The van der Waals surface area contributed by atoms with Gasteiger partial charge in [-0.1, -0.05) is 12.8 Å². The summed E-state index contributed by atoms with van der Waals surface area (Å²) < 4.78 is 4.68. The van der Waals surface area contributed by atoms with E-state index in [9.17, 15) is 9.59 Å². The van der Waals surface area contributed by atoms with Gasteiger partial charge in [-0.25, -0.2) is 4.79 Å². The van der Waals surface area contributed by atoms with Gasteiger partial charge in [0.1, 0.15) is 6.04 Å². The van der Waals surface area contributed by atoms with Crippen molar-refractivity contribution in [1.82, 2.24) is 10.6 Å². The van der Waals surface area contributed by atoms with Crippen LogP contribution in [0.4, 0.5) is 0 Å². The Bertz CT molecular complexity index is 288. The molecule has 5 nitrogen and oxygen atoms in total. The summed E-state index contributed by atoms with van der Waals surface area (Å²) in [5.74, 6) is 0.0534. The summed E-state index contributed by atoms with van der Waals surface area (Å²) in [7, 11) is 1.33. The van der Waals surface area contributed by atoms with Crippen LogP contribution in [0.3, 0.4) is 0 Å². The molecule has 0 spiro atoms. The van der Waals surface area contributed by atoms with E-state index in [4.69, 9.17) is 0 Å². The van der Waals surface area contributed by atoms with E-state index in [2.05, 4.69) is 22.3 Å². The van der Waals surface area contributed by atoms with Crippen molar-refractivity contribution in [1.29, 1.82) is 0 Å². The summed E-state index contributed by atoms with van der Waals surface area (Å²) in [4.78, 5) is 22.5. The quantitative estimate of drug-likeness (QED) is 0.691. The van der Waals surface area contributed by atoms with Crippen LogP contribution in [-0.2, 0) is 14.3 Å². The van der Waals surface area contributed by atoms with Crippen LogP contribution in [0.5, 0.6) is 0 Å². The Balaban J connectivity index is 2.40. The Hall–Kier alpha value is -1.10. The molecule has 0 aliphatic heterocycles. The molecule has 0 bridgehead atoms. The lowest BCUT2D eigenvalue weighted by molar-refractivity contribution is -0.144. The summed E-state index contributed by atoms with van der Waals surface area (Å²) in [6.45, 7) is 3.96. The minimum absolute atomic E-state index is 0.222. The minimum atomic E-state index is -0.601.